The first-order chi connectivity index (χ1) is 42.7. The van der Waals surface area contributed by atoms with E-state index in [0.29, 0.717) is 85.2 Å². The lowest BCUT2D eigenvalue weighted by molar-refractivity contribution is -0.146. The number of Topliss-reactive ketones (excluding diaryl/α,β-unsaturated/α-hetero) is 3. The van der Waals surface area contributed by atoms with Crippen LogP contribution in [0.1, 0.15) is 178 Å². The van der Waals surface area contributed by atoms with Crippen LogP contribution in [0, 0.1) is 39.9 Å². The zero-order valence-electron chi connectivity index (χ0n) is 57.3. The predicted molar refractivity (Wildman–Crippen MR) is 353 cm³/mol. The number of amides is 5. The van der Waals surface area contributed by atoms with Crippen LogP contribution in [0.25, 0.3) is 0 Å². The van der Waals surface area contributed by atoms with E-state index >= 15 is 4.79 Å². The highest BCUT2D eigenvalue weighted by molar-refractivity contribution is 5.95. The number of ether oxygens (including phenoxy) is 2. The molecule has 522 valence electrons. The largest absolute Gasteiger partial charge is 0.465 e. The number of hydrogen-bond donors (Lipinski definition) is 11. The first kappa shape index (κ1) is 85.0. The van der Waals surface area contributed by atoms with Gasteiger partial charge in [0.2, 0.25) is 29.5 Å². The van der Waals surface area contributed by atoms with E-state index in [2.05, 4.69) is 51.1 Å². The third-order valence-corrected chi connectivity index (χ3v) is 16.1. The molecule has 0 saturated heterocycles. The van der Waals surface area contributed by atoms with Crippen LogP contribution in [0.2, 0.25) is 0 Å². The van der Waals surface area contributed by atoms with Gasteiger partial charge in [0.05, 0.1) is 26.3 Å². The zero-order valence-corrected chi connectivity index (χ0v) is 57.3. The number of rotatable bonds is 58. The Balaban J connectivity index is 6.98. The lowest BCUT2D eigenvalue weighted by Gasteiger charge is -2.35. The first-order valence-electron chi connectivity index (χ1n) is 33.6. The van der Waals surface area contributed by atoms with Gasteiger partial charge in [0.25, 0.3) is 0 Å². The molecule has 0 aliphatic heterocycles. The second kappa shape index (κ2) is 49.6. The van der Waals surface area contributed by atoms with Crippen LogP contribution in [0.3, 0.4) is 0 Å². The highest BCUT2D eigenvalue weighted by Gasteiger charge is 2.44. The van der Waals surface area contributed by atoms with E-state index in [4.69, 9.17) is 32.4 Å². The van der Waals surface area contributed by atoms with E-state index < -0.39 is 69.4 Å². The molecule has 90 heavy (non-hydrogen) atoms. The topological polar surface area (TPSA) is 384 Å². The van der Waals surface area contributed by atoms with Gasteiger partial charge in [-0.15, -0.1) is 0 Å². The average Bonchev–Trinajstić information content (AvgIpc) is 1.00. The maximum absolute atomic E-state index is 15.4. The molecule has 0 rings (SSSR count). The molecule has 25 heteroatoms. The molecule has 0 fully saturated rings. The Bertz CT molecular complexity index is 2100. The van der Waals surface area contributed by atoms with E-state index in [-0.39, 0.29) is 127 Å². The summed E-state index contributed by atoms with van der Waals surface area (Å²) < 4.78 is 10.9. The first-order valence-corrected chi connectivity index (χ1v) is 33.6. The second-order valence-electron chi connectivity index (χ2n) is 26.0. The monoisotopic (exact) mass is 1280 g/mol. The summed E-state index contributed by atoms with van der Waals surface area (Å²) in [5, 5.41) is 20.7. The highest BCUT2D eigenvalue weighted by atomic mass is 16.5. The third-order valence-electron chi connectivity index (χ3n) is 16.1. The van der Waals surface area contributed by atoms with Crippen LogP contribution in [0.15, 0.2) is 0 Å². The van der Waals surface area contributed by atoms with Crippen molar-refractivity contribution >= 4 is 58.8 Å². The Morgan fingerprint density at radius 1 is 0.400 bits per heavy atom. The SMILES string of the molecule is CCCCCCOC(=O)CN(CCN)CCNC(=O)CC(CC(C)(C)C(=O)CC(C)C(=O)NCCN(CCN)CC(=O)OCCCCCC)C(=O)C(C)(C)CC(CC(=O)C(C)(C)CC(CC(=O)NCCNCCN)C(=O)NCCCC)C(=O)NCCNCCN. The fourth-order valence-electron chi connectivity index (χ4n) is 10.6. The molecule has 0 bridgehead atoms. The number of hydrogen-bond acceptors (Lipinski definition) is 20. The molecule has 0 saturated carbocycles. The second-order valence-corrected chi connectivity index (χ2v) is 26.0. The van der Waals surface area contributed by atoms with Gasteiger partial charge in [-0.25, -0.2) is 0 Å². The van der Waals surface area contributed by atoms with Crippen LogP contribution >= 0.6 is 0 Å². The van der Waals surface area contributed by atoms with E-state index in [1.54, 1.807) is 58.3 Å². The molecule has 25 nitrogen and oxygen atoms in total. The van der Waals surface area contributed by atoms with Crippen LogP contribution < -0.4 is 60.2 Å². The third kappa shape index (κ3) is 39.4. The molecule has 4 unspecified atom stereocenters. The summed E-state index contributed by atoms with van der Waals surface area (Å²) in [6, 6.07) is 0. The van der Waals surface area contributed by atoms with Gasteiger partial charge in [0.15, 0.2) is 0 Å². The van der Waals surface area contributed by atoms with Crippen molar-refractivity contribution in [2.24, 2.45) is 62.9 Å². The van der Waals surface area contributed by atoms with Crippen molar-refractivity contribution in [1.29, 1.82) is 0 Å². The molecule has 0 aromatic rings. The van der Waals surface area contributed by atoms with Crippen LogP contribution in [-0.2, 0) is 57.4 Å². The normalized spacial score (nSPS) is 13.2. The van der Waals surface area contributed by atoms with Crippen molar-refractivity contribution in [3.63, 3.8) is 0 Å². The minimum Gasteiger partial charge on any atom is -0.465 e. The number of nitrogens with zero attached hydrogens (tertiary/aromatic N) is 2. The molecule has 0 heterocycles. The van der Waals surface area contributed by atoms with E-state index in [1.165, 1.54) is 0 Å². The maximum Gasteiger partial charge on any atom is 0.320 e. The molecule has 4 atom stereocenters. The number of nitrogens with two attached hydrogens (primary N) is 4. The van der Waals surface area contributed by atoms with Gasteiger partial charge in [0.1, 0.15) is 17.3 Å². The maximum atomic E-state index is 15.4. The Morgan fingerprint density at radius 2 is 0.800 bits per heavy atom. The molecule has 0 aromatic heterocycles. The van der Waals surface area contributed by atoms with E-state index in [1.807, 2.05) is 6.92 Å². The molecular weight excluding hydrogens is 1150 g/mol. The summed E-state index contributed by atoms with van der Waals surface area (Å²) >= 11 is 0. The summed E-state index contributed by atoms with van der Waals surface area (Å²) in [6.07, 6.45) is 7.89. The van der Waals surface area contributed by atoms with Crippen molar-refractivity contribution in [2.45, 2.75) is 178 Å². The predicted octanol–water partition coefficient (Wildman–Crippen LogP) is 2.23. The minimum atomic E-state index is -1.39. The Kier molecular flexibility index (Phi) is 46.8. The standard InChI is InChI=1S/C65H125N13O12/c1-11-14-17-19-38-89-57(83)47-77(34-23-68)36-32-73-55(81)42-50(44-63(5,6)53(79)40-49(4)60(86)76-33-37-78(35-24-69)48-58(84)90-39-20-18-15-12-2)59(85)65(9,10)46-51(61(87)75-31-29-71-27-22-67)41-54(80)64(7,8)45-52(62(88)74-25-16-13-3)43-56(82)72-30-28-70-26-21-66/h49-52,70-71H,11-48,66-69H2,1-10H3,(H,72,82)(H,73,81)(H,74,88)(H,75,87)(H,76,86). The molecule has 0 spiro atoms. The fraction of sp³-hybridized carbons (Fsp3) is 0.846. The summed E-state index contributed by atoms with van der Waals surface area (Å²) in [7, 11) is 0. The van der Waals surface area contributed by atoms with Gasteiger partial charge >= 0.3 is 11.9 Å². The molecular formula is C65H125N13O12. The Morgan fingerprint density at radius 3 is 1.28 bits per heavy atom. The summed E-state index contributed by atoms with van der Waals surface area (Å²) in [5.41, 5.74) is 19.1. The van der Waals surface area contributed by atoms with Gasteiger partial charge < -0.3 is 69.6 Å². The van der Waals surface area contributed by atoms with Crippen molar-refractivity contribution < 1.29 is 57.4 Å². The van der Waals surface area contributed by atoms with Gasteiger partial charge in [-0.3, -0.25) is 57.7 Å². The fourth-order valence-corrected chi connectivity index (χ4v) is 10.6. The molecule has 5 amide bonds. The summed E-state index contributed by atoms with van der Waals surface area (Å²) in [5.74, 6) is -7.89. The lowest BCUT2D eigenvalue weighted by atomic mass is 9.67. The van der Waals surface area contributed by atoms with Crippen LogP contribution in [0.4, 0.5) is 0 Å². The van der Waals surface area contributed by atoms with Crippen LogP contribution in [-0.4, -0.2) is 206 Å². The number of esters is 2. The Hall–Kier alpha value is -5.02. The van der Waals surface area contributed by atoms with Crippen molar-refractivity contribution in [2.75, 3.05) is 138 Å². The molecule has 15 N–H and O–H groups in total. The van der Waals surface area contributed by atoms with Crippen molar-refractivity contribution in [1.82, 2.24) is 47.0 Å². The quantitative estimate of drug-likeness (QED) is 0.0307. The molecule has 0 aliphatic carbocycles. The Labute approximate surface area is 540 Å². The smallest absolute Gasteiger partial charge is 0.320 e. The number of ketones is 3. The van der Waals surface area contributed by atoms with Gasteiger partial charge in [0, 0.05) is 177 Å². The number of carbonyl (C=O) groups excluding carboxylic acids is 10. The van der Waals surface area contributed by atoms with Gasteiger partial charge in [-0.05, 0) is 38.5 Å². The van der Waals surface area contributed by atoms with Gasteiger partial charge in [-0.2, -0.15) is 0 Å². The lowest BCUT2D eigenvalue weighted by Crippen LogP contribution is -2.45. The highest BCUT2D eigenvalue weighted by Crippen LogP contribution is 2.40. The van der Waals surface area contributed by atoms with E-state index in [9.17, 15) is 43.2 Å². The van der Waals surface area contributed by atoms with E-state index in [0.717, 1.165) is 64.2 Å². The molecule has 0 aromatic carbocycles. The number of unbranched alkanes of at least 4 members (excludes halogenated alkanes) is 7. The molecule has 0 aliphatic rings. The average molecular weight is 1280 g/mol. The zero-order chi connectivity index (χ0) is 68.0. The van der Waals surface area contributed by atoms with Crippen LogP contribution in [0.5, 0.6) is 0 Å². The van der Waals surface area contributed by atoms with Gasteiger partial charge in [-0.1, -0.05) is 114 Å². The number of nitrogens with one attached hydrogen (secondary N) is 7. The summed E-state index contributed by atoms with van der Waals surface area (Å²) in [6.45, 7) is 24.1. The van der Waals surface area contributed by atoms with Crippen molar-refractivity contribution in [3.05, 3.63) is 0 Å². The summed E-state index contributed by atoms with van der Waals surface area (Å²) in [4.78, 5) is 142. The van der Waals surface area contributed by atoms with Crippen molar-refractivity contribution in [3.8, 4) is 0 Å². The molecule has 0 radical (unpaired) electrons. The number of carbonyl (C=O) groups is 10. The minimum absolute atomic E-state index is 0.0108.